The summed E-state index contributed by atoms with van der Waals surface area (Å²) < 4.78 is 51.9. The van der Waals surface area contributed by atoms with Gasteiger partial charge in [-0.05, 0) is 36.2 Å². The fraction of sp³-hybridized carbons (Fsp3) is 0.600. The summed E-state index contributed by atoms with van der Waals surface area (Å²) >= 11 is 0. The van der Waals surface area contributed by atoms with Crippen LogP contribution in [-0.4, -0.2) is 24.5 Å². The third kappa shape index (κ3) is 4.97. The van der Waals surface area contributed by atoms with Gasteiger partial charge in [0.25, 0.3) is 0 Å². The fourth-order valence-corrected chi connectivity index (χ4v) is 2.41. The molecule has 0 amide bonds. The van der Waals surface area contributed by atoms with Gasteiger partial charge in [0.2, 0.25) is 0 Å². The second-order valence-electron chi connectivity index (χ2n) is 5.50. The van der Waals surface area contributed by atoms with E-state index in [1.165, 1.54) is 0 Å². The summed E-state index contributed by atoms with van der Waals surface area (Å²) in [5.41, 5.74) is 5.02. The molecule has 120 valence electrons. The molecule has 0 aliphatic carbocycles. The Morgan fingerprint density at radius 2 is 1.81 bits per heavy atom. The van der Waals surface area contributed by atoms with Crippen LogP contribution >= 0.6 is 0 Å². The molecular weight excluding hydrogens is 284 g/mol. The lowest BCUT2D eigenvalue weighted by molar-refractivity contribution is -0.137. The third-order valence-corrected chi connectivity index (χ3v) is 3.30. The Morgan fingerprint density at radius 1 is 1.19 bits per heavy atom. The molecule has 1 aromatic rings. The zero-order chi connectivity index (χ0) is 16.2. The van der Waals surface area contributed by atoms with Crippen molar-refractivity contribution in [1.82, 2.24) is 4.90 Å². The molecule has 6 heteroatoms. The number of nitrogens with zero attached hydrogens (tertiary/aromatic N) is 1. The molecule has 0 radical (unpaired) electrons. The zero-order valence-electron chi connectivity index (χ0n) is 12.5. The zero-order valence-corrected chi connectivity index (χ0v) is 12.5. The first-order valence-corrected chi connectivity index (χ1v) is 7.00. The molecule has 0 aromatic heterocycles. The van der Waals surface area contributed by atoms with Gasteiger partial charge in [-0.1, -0.05) is 20.8 Å². The summed E-state index contributed by atoms with van der Waals surface area (Å²) in [5, 5.41) is 0. The lowest BCUT2D eigenvalue weighted by Gasteiger charge is -2.32. The molecule has 1 unspecified atom stereocenters. The van der Waals surface area contributed by atoms with Crippen molar-refractivity contribution in [3.8, 4) is 0 Å². The minimum Gasteiger partial charge on any atom is -0.329 e. The standard InChI is InChI=1S/C15H22F4N2/c1-4-21(9-10(2)3)14(8-20)11-5-12(15(17,18)19)7-13(16)6-11/h5-7,10,14H,4,8-9,20H2,1-3H3. The van der Waals surface area contributed by atoms with E-state index in [-0.39, 0.29) is 12.1 Å². The van der Waals surface area contributed by atoms with Gasteiger partial charge in [-0.15, -0.1) is 0 Å². The predicted octanol–water partition coefficient (Wildman–Crippen LogP) is 3.82. The number of hydrogen-bond donors (Lipinski definition) is 1. The number of rotatable bonds is 6. The van der Waals surface area contributed by atoms with Crippen molar-refractivity contribution in [3.63, 3.8) is 0 Å². The van der Waals surface area contributed by atoms with Gasteiger partial charge in [0.05, 0.1) is 5.56 Å². The van der Waals surface area contributed by atoms with Crippen LogP contribution in [-0.2, 0) is 6.18 Å². The quantitative estimate of drug-likeness (QED) is 0.810. The second kappa shape index (κ2) is 7.22. The molecule has 0 saturated carbocycles. The average Bonchev–Trinajstić information content (AvgIpc) is 2.36. The molecule has 0 bridgehead atoms. The van der Waals surface area contributed by atoms with E-state index in [1.807, 2.05) is 25.7 Å². The van der Waals surface area contributed by atoms with E-state index in [0.29, 0.717) is 25.1 Å². The molecule has 0 heterocycles. The molecule has 1 rings (SSSR count). The van der Waals surface area contributed by atoms with Crippen LogP contribution in [0, 0.1) is 11.7 Å². The summed E-state index contributed by atoms with van der Waals surface area (Å²) in [7, 11) is 0. The molecule has 0 saturated heterocycles. The van der Waals surface area contributed by atoms with Crippen LogP contribution in [0.25, 0.3) is 0 Å². The van der Waals surface area contributed by atoms with Crippen LogP contribution < -0.4 is 5.73 Å². The Labute approximate surface area is 122 Å². The number of likely N-dealkylation sites (N-methyl/N-ethyl adjacent to an activating group) is 1. The Balaban J connectivity index is 3.18. The number of nitrogens with two attached hydrogens (primary N) is 1. The Bertz CT molecular complexity index is 457. The summed E-state index contributed by atoms with van der Waals surface area (Å²) in [6.07, 6.45) is -4.56. The highest BCUT2D eigenvalue weighted by Crippen LogP contribution is 2.32. The van der Waals surface area contributed by atoms with Crippen molar-refractivity contribution in [2.45, 2.75) is 33.0 Å². The summed E-state index contributed by atoms with van der Waals surface area (Å²) in [4.78, 5) is 1.97. The second-order valence-corrected chi connectivity index (χ2v) is 5.50. The van der Waals surface area contributed by atoms with E-state index in [0.717, 1.165) is 12.1 Å². The highest BCUT2D eigenvalue weighted by molar-refractivity contribution is 5.29. The Morgan fingerprint density at radius 3 is 2.24 bits per heavy atom. The van der Waals surface area contributed by atoms with E-state index in [2.05, 4.69) is 0 Å². The van der Waals surface area contributed by atoms with E-state index in [9.17, 15) is 17.6 Å². The van der Waals surface area contributed by atoms with Gasteiger partial charge in [-0.25, -0.2) is 4.39 Å². The molecule has 0 aliphatic rings. The van der Waals surface area contributed by atoms with Crippen molar-refractivity contribution in [2.75, 3.05) is 19.6 Å². The SMILES string of the molecule is CCN(CC(C)C)C(CN)c1cc(F)cc(C(F)(F)F)c1. The smallest absolute Gasteiger partial charge is 0.329 e. The van der Waals surface area contributed by atoms with Crippen molar-refractivity contribution in [2.24, 2.45) is 11.7 Å². The minimum absolute atomic E-state index is 0.140. The molecular formula is C15H22F4N2. The highest BCUT2D eigenvalue weighted by atomic mass is 19.4. The molecule has 1 aromatic carbocycles. The van der Waals surface area contributed by atoms with Crippen molar-refractivity contribution in [1.29, 1.82) is 0 Å². The topological polar surface area (TPSA) is 29.3 Å². The van der Waals surface area contributed by atoms with Gasteiger partial charge in [-0.3, -0.25) is 4.90 Å². The van der Waals surface area contributed by atoms with Gasteiger partial charge in [0.15, 0.2) is 0 Å². The minimum atomic E-state index is -4.56. The molecule has 21 heavy (non-hydrogen) atoms. The lowest BCUT2D eigenvalue weighted by Crippen LogP contribution is -2.36. The van der Waals surface area contributed by atoms with Crippen LogP contribution in [0.1, 0.15) is 37.9 Å². The molecule has 2 N–H and O–H groups in total. The van der Waals surface area contributed by atoms with Crippen LogP contribution in [0.15, 0.2) is 18.2 Å². The van der Waals surface area contributed by atoms with E-state index >= 15 is 0 Å². The maximum Gasteiger partial charge on any atom is 0.416 e. The monoisotopic (exact) mass is 306 g/mol. The summed E-state index contributed by atoms with van der Waals surface area (Å²) in [5.74, 6) is -0.548. The predicted molar refractivity (Wildman–Crippen MR) is 75.3 cm³/mol. The van der Waals surface area contributed by atoms with E-state index in [4.69, 9.17) is 5.73 Å². The van der Waals surface area contributed by atoms with E-state index < -0.39 is 23.6 Å². The number of benzene rings is 1. The summed E-state index contributed by atoms with van der Waals surface area (Å²) in [6, 6.07) is 2.21. The average molecular weight is 306 g/mol. The maximum absolute atomic E-state index is 13.5. The van der Waals surface area contributed by atoms with Gasteiger partial charge < -0.3 is 5.73 Å². The fourth-order valence-electron chi connectivity index (χ4n) is 2.41. The van der Waals surface area contributed by atoms with Gasteiger partial charge in [-0.2, -0.15) is 13.2 Å². The number of halogens is 4. The molecule has 1 atom stereocenters. The van der Waals surface area contributed by atoms with Gasteiger partial charge >= 0.3 is 6.18 Å². The van der Waals surface area contributed by atoms with Crippen LogP contribution in [0.5, 0.6) is 0 Å². The first-order valence-electron chi connectivity index (χ1n) is 7.00. The largest absolute Gasteiger partial charge is 0.416 e. The normalized spacial score (nSPS) is 14.0. The lowest BCUT2D eigenvalue weighted by atomic mass is 10.0. The molecule has 0 fully saturated rings. The summed E-state index contributed by atoms with van der Waals surface area (Å²) in [6.45, 7) is 7.41. The van der Waals surface area contributed by atoms with Crippen molar-refractivity contribution >= 4 is 0 Å². The van der Waals surface area contributed by atoms with Crippen LogP contribution in [0.3, 0.4) is 0 Å². The number of hydrogen-bond acceptors (Lipinski definition) is 2. The van der Waals surface area contributed by atoms with Gasteiger partial charge in [0.1, 0.15) is 5.82 Å². The molecule has 0 aliphatic heterocycles. The Hall–Kier alpha value is -1.14. The van der Waals surface area contributed by atoms with Crippen LogP contribution in [0.4, 0.5) is 17.6 Å². The molecule has 2 nitrogen and oxygen atoms in total. The van der Waals surface area contributed by atoms with Crippen molar-refractivity contribution in [3.05, 3.63) is 35.1 Å². The maximum atomic E-state index is 13.5. The molecule has 0 spiro atoms. The first-order chi connectivity index (χ1) is 9.68. The third-order valence-electron chi connectivity index (χ3n) is 3.30. The van der Waals surface area contributed by atoms with E-state index in [1.54, 1.807) is 0 Å². The number of alkyl halides is 3. The van der Waals surface area contributed by atoms with Gasteiger partial charge in [0, 0.05) is 19.1 Å². The van der Waals surface area contributed by atoms with Crippen LogP contribution in [0.2, 0.25) is 0 Å². The highest BCUT2D eigenvalue weighted by Gasteiger charge is 2.32. The van der Waals surface area contributed by atoms with Crippen molar-refractivity contribution < 1.29 is 17.6 Å². The first kappa shape index (κ1) is 17.9. The Kier molecular flexibility index (Phi) is 6.16.